The van der Waals surface area contributed by atoms with E-state index >= 15 is 0 Å². The minimum Gasteiger partial charge on any atom is -0.385 e. The molecule has 2 rings (SSSR count). The van der Waals surface area contributed by atoms with Crippen LogP contribution in [0.3, 0.4) is 0 Å². The van der Waals surface area contributed by atoms with E-state index in [4.69, 9.17) is 0 Å². The van der Waals surface area contributed by atoms with Gasteiger partial charge in [-0.2, -0.15) is 0 Å². The Balaban J connectivity index is 2.04. The topological polar surface area (TPSA) is 115 Å². The molecule has 0 aliphatic carbocycles. The number of aromatic amines is 2. The van der Waals surface area contributed by atoms with Crippen molar-refractivity contribution >= 4 is 5.91 Å². The molecule has 2 aromatic rings. The molecule has 0 bridgehead atoms. The van der Waals surface area contributed by atoms with E-state index in [0.29, 0.717) is 11.4 Å². The van der Waals surface area contributed by atoms with E-state index in [1.807, 2.05) is 0 Å². The lowest BCUT2D eigenvalue weighted by molar-refractivity contribution is 0.0913. The number of pyridine rings is 2. The number of aliphatic hydroxyl groups excluding tert-OH is 1. The van der Waals surface area contributed by atoms with Gasteiger partial charge in [-0.1, -0.05) is 6.07 Å². The smallest absolute Gasteiger partial charge is 0.251 e. The van der Waals surface area contributed by atoms with Crippen LogP contribution >= 0.6 is 0 Å². The van der Waals surface area contributed by atoms with E-state index in [0.717, 1.165) is 0 Å². The highest BCUT2D eigenvalue weighted by Gasteiger charge is 2.12. The van der Waals surface area contributed by atoms with Gasteiger partial charge in [0.05, 0.1) is 0 Å². The number of amides is 1. The Hall–Kier alpha value is -2.67. The molecule has 4 N–H and O–H groups in total. The molecule has 0 aliphatic rings. The monoisotopic (exact) mass is 289 g/mol. The molecule has 2 heterocycles. The molecular weight excluding hydrogens is 274 g/mol. The first-order valence-corrected chi connectivity index (χ1v) is 6.32. The van der Waals surface area contributed by atoms with Crippen LogP contribution in [-0.2, 0) is 0 Å². The van der Waals surface area contributed by atoms with E-state index in [-0.39, 0.29) is 23.2 Å². The fourth-order valence-electron chi connectivity index (χ4n) is 1.87. The Labute approximate surface area is 119 Å². The summed E-state index contributed by atoms with van der Waals surface area (Å²) >= 11 is 0. The van der Waals surface area contributed by atoms with Crippen molar-refractivity contribution < 1.29 is 9.90 Å². The summed E-state index contributed by atoms with van der Waals surface area (Å²) in [5.74, 6) is -0.471. The SMILES string of the molecule is Cc1cc(C(=O)NCC(O)c2cccc(=O)[nH]2)cc(=O)[nH]1. The van der Waals surface area contributed by atoms with Gasteiger partial charge >= 0.3 is 0 Å². The van der Waals surface area contributed by atoms with Crippen LogP contribution in [0.15, 0.2) is 39.9 Å². The number of carbonyl (C=O) groups is 1. The zero-order chi connectivity index (χ0) is 15.4. The van der Waals surface area contributed by atoms with Crippen molar-refractivity contribution in [3.05, 3.63) is 68.0 Å². The summed E-state index contributed by atoms with van der Waals surface area (Å²) in [6.45, 7) is 1.59. The summed E-state index contributed by atoms with van der Waals surface area (Å²) in [5.41, 5.74) is 0.395. The normalized spacial score (nSPS) is 11.9. The zero-order valence-corrected chi connectivity index (χ0v) is 11.3. The highest BCUT2D eigenvalue weighted by atomic mass is 16.3. The minimum atomic E-state index is -1.04. The third-order valence-corrected chi connectivity index (χ3v) is 2.85. The first-order chi connectivity index (χ1) is 9.95. The van der Waals surface area contributed by atoms with Crippen LogP contribution < -0.4 is 16.4 Å². The van der Waals surface area contributed by atoms with Crippen molar-refractivity contribution in [1.29, 1.82) is 0 Å². The Morgan fingerprint density at radius 3 is 2.67 bits per heavy atom. The molecule has 110 valence electrons. The molecular formula is C14H15N3O4. The van der Waals surface area contributed by atoms with E-state index in [1.54, 1.807) is 13.0 Å². The number of carbonyl (C=O) groups excluding carboxylic acids is 1. The van der Waals surface area contributed by atoms with E-state index in [2.05, 4.69) is 15.3 Å². The van der Waals surface area contributed by atoms with E-state index in [1.165, 1.54) is 24.3 Å². The molecule has 7 heteroatoms. The number of hydrogen-bond acceptors (Lipinski definition) is 4. The largest absolute Gasteiger partial charge is 0.385 e. The van der Waals surface area contributed by atoms with Crippen molar-refractivity contribution in [1.82, 2.24) is 15.3 Å². The van der Waals surface area contributed by atoms with Crippen LogP contribution in [0.25, 0.3) is 0 Å². The predicted molar refractivity (Wildman–Crippen MR) is 76.2 cm³/mol. The number of H-pyrrole nitrogens is 2. The highest BCUT2D eigenvalue weighted by molar-refractivity contribution is 5.94. The number of hydrogen-bond donors (Lipinski definition) is 4. The Morgan fingerprint density at radius 2 is 2.00 bits per heavy atom. The first-order valence-electron chi connectivity index (χ1n) is 6.32. The molecule has 0 radical (unpaired) electrons. The minimum absolute atomic E-state index is 0.0787. The Bertz CT molecular complexity index is 763. The number of aliphatic hydroxyl groups is 1. The highest BCUT2D eigenvalue weighted by Crippen LogP contribution is 2.06. The lowest BCUT2D eigenvalue weighted by Gasteiger charge is -2.12. The quantitative estimate of drug-likeness (QED) is 0.625. The fourth-order valence-corrected chi connectivity index (χ4v) is 1.87. The van der Waals surface area contributed by atoms with Crippen molar-refractivity contribution in [2.45, 2.75) is 13.0 Å². The Kier molecular flexibility index (Phi) is 4.34. The lowest BCUT2D eigenvalue weighted by atomic mass is 10.2. The summed E-state index contributed by atoms with van der Waals surface area (Å²) in [5, 5.41) is 12.4. The zero-order valence-electron chi connectivity index (χ0n) is 11.3. The average Bonchev–Trinajstić information content (AvgIpc) is 2.43. The van der Waals surface area contributed by atoms with Gasteiger partial charge in [0.2, 0.25) is 11.1 Å². The number of nitrogens with one attached hydrogen (secondary N) is 3. The van der Waals surface area contributed by atoms with Gasteiger partial charge in [0.25, 0.3) is 5.91 Å². The lowest BCUT2D eigenvalue weighted by Crippen LogP contribution is -2.30. The van der Waals surface area contributed by atoms with Gasteiger partial charge in [-0.3, -0.25) is 14.4 Å². The summed E-state index contributed by atoms with van der Waals surface area (Å²) in [7, 11) is 0. The third-order valence-electron chi connectivity index (χ3n) is 2.85. The molecule has 1 unspecified atom stereocenters. The maximum Gasteiger partial charge on any atom is 0.251 e. The van der Waals surface area contributed by atoms with Gasteiger partial charge in [-0.05, 0) is 19.1 Å². The van der Waals surface area contributed by atoms with Gasteiger partial charge < -0.3 is 20.4 Å². The maximum atomic E-state index is 11.9. The maximum absolute atomic E-state index is 11.9. The molecule has 0 aromatic carbocycles. The second-order valence-electron chi connectivity index (χ2n) is 4.61. The van der Waals surface area contributed by atoms with Gasteiger partial charge in [0.15, 0.2) is 0 Å². The molecule has 21 heavy (non-hydrogen) atoms. The van der Waals surface area contributed by atoms with Crippen molar-refractivity contribution in [3.8, 4) is 0 Å². The second kappa shape index (κ2) is 6.19. The van der Waals surface area contributed by atoms with Gasteiger partial charge in [-0.15, -0.1) is 0 Å². The summed E-state index contributed by atoms with van der Waals surface area (Å²) in [4.78, 5) is 39.3. The molecule has 1 amide bonds. The van der Waals surface area contributed by atoms with Crippen LogP contribution in [-0.4, -0.2) is 27.5 Å². The molecule has 0 fully saturated rings. The van der Waals surface area contributed by atoms with Crippen molar-refractivity contribution in [2.75, 3.05) is 6.54 Å². The van der Waals surface area contributed by atoms with Gasteiger partial charge in [0, 0.05) is 35.6 Å². The molecule has 1 atom stereocenters. The molecule has 2 aromatic heterocycles. The molecule has 0 saturated heterocycles. The van der Waals surface area contributed by atoms with E-state index in [9.17, 15) is 19.5 Å². The third kappa shape index (κ3) is 3.90. The fraction of sp³-hybridized carbons (Fsp3) is 0.214. The van der Waals surface area contributed by atoms with Crippen LogP contribution in [0, 0.1) is 6.92 Å². The Morgan fingerprint density at radius 1 is 1.24 bits per heavy atom. The summed E-state index contributed by atoms with van der Waals surface area (Å²) in [6, 6.07) is 7.11. The first kappa shape index (κ1) is 14.7. The summed E-state index contributed by atoms with van der Waals surface area (Å²) < 4.78 is 0. The molecule has 0 saturated carbocycles. The van der Waals surface area contributed by atoms with Crippen LogP contribution in [0.5, 0.6) is 0 Å². The van der Waals surface area contributed by atoms with Gasteiger partial charge in [0.1, 0.15) is 6.10 Å². The predicted octanol–water partition coefficient (Wildman–Crippen LogP) is -0.165. The number of rotatable bonds is 4. The van der Waals surface area contributed by atoms with Crippen molar-refractivity contribution in [3.63, 3.8) is 0 Å². The average molecular weight is 289 g/mol. The van der Waals surface area contributed by atoms with Crippen molar-refractivity contribution in [2.24, 2.45) is 0 Å². The standard InChI is InChI=1S/C14H15N3O4/c1-8-5-9(6-13(20)16-8)14(21)15-7-11(18)10-3-2-4-12(19)17-10/h2-6,11,18H,7H2,1H3,(H,15,21)(H,16,20)(H,17,19). The van der Waals surface area contributed by atoms with Gasteiger partial charge in [-0.25, -0.2) is 0 Å². The summed E-state index contributed by atoms with van der Waals surface area (Å²) in [6.07, 6.45) is -1.04. The number of aromatic nitrogens is 2. The number of aryl methyl sites for hydroxylation is 1. The molecule has 0 spiro atoms. The molecule has 0 aliphatic heterocycles. The van der Waals surface area contributed by atoms with E-state index < -0.39 is 12.0 Å². The second-order valence-corrected chi connectivity index (χ2v) is 4.61. The van der Waals surface area contributed by atoms with Crippen LogP contribution in [0.4, 0.5) is 0 Å². The van der Waals surface area contributed by atoms with Crippen LogP contribution in [0.2, 0.25) is 0 Å². The molecule has 7 nitrogen and oxygen atoms in total. The van der Waals surface area contributed by atoms with Crippen LogP contribution in [0.1, 0.15) is 27.8 Å².